The molecule has 1 atom stereocenters. The highest BCUT2D eigenvalue weighted by Gasteiger charge is 2.14. The van der Waals surface area contributed by atoms with E-state index in [0.29, 0.717) is 10.6 Å². The van der Waals surface area contributed by atoms with Gasteiger partial charge in [0.2, 0.25) is 0 Å². The van der Waals surface area contributed by atoms with Crippen molar-refractivity contribution < 1.29 is 4.79 Å². The summed E-state index contributed by atoms with van der Waals surface area (Å²) in [6.07, 6.45) is 0. The summed E-state index contributed by atoms with van der Waals surface area (Å²) in [4.78, 5) is 12.4. The van der Waals surface area contributed by atoms with E-state index in [9.17, 15) is 4.79 Å². The van der Waals surface area contributed by atoms with Crippen LogP contribution in [0.15, 0.2) is 36.4 Å². The van der Waals surface area contributed by atoms with Crippen molar-refractivity contribution in [3.8, 4) is 0 Å². The third-order valence-electron chi connectivity index (χ3n) is 3.08. The first-order valence-corrected chi connectivity index (χ1v) is 7.50. The molecular weight excluding hydrogens is 275 g/mol. The number of benzene rings is 2. The molecule has 98 valence electrons. The van der Waals surface area contributed by atoms with Gasteiger partial charge in [0, 0.05) is 5.56 Å². The number of carbonyl (C=O) groups excluding carboxylic acids is 1. The maximum Gasteiger partial charge on any atom is 0.187 e. The molecule has 0 amide bonds. The van der Waals surface area contributed by atoms with Gasteiger partial charge in [0.1, 0.15) is 0 Å². The van der Waals surface area contributed by atoms with Gasteiger partial charge in [-0.05, 0) is 51.8 Å². The molecule has 0 bridgehead atoms. The lowest BCUT2D eigenvalue weighted by Crippen LogP contribution is -2.06. The zero-order chi connectivity index (χ0) is 14.0. The second kappa shape index (κ2) is 5.86. The van der Waals surface area contributed by atoms with Crippen molar-refractivity contribution in [2.45, 2.75) is 20.8 Å². The lowest BCUT2D eigenvalue weighted by atomic mass is 10.1. The Labute approximate surface area is 120 Å². The lowest BCUT2D eigenvalue weighted by Gasteiger charge is -2.09. The highest BCUT2D eigenvalue weighted by atomic mass is 35.5. The zero-order valence-corrected chi connectivity index (χ0v) is 13.0. The summed E-state index contributed by atoms with van der Waals surface area (Å²) < 4.78 is 0. The van der Waals surface area contributed by atoms with Crippen molar-refractivity contribution in [3.63, 3.8) is 0 Å². The van der Waals surface area contributed by atoms with Gasteiger partial charge in [0.25, 0.3) is 0 Å². The number of hydrogen-bond donors (Lipinski definition) is 0. The number of rotatable bonds is 3. The van der Waals surface area contributed by atoms with Gasteiger partial charge in [0.05, 0.1) is 5.02 Å². The van der Waals surface area contributed by atoms with E-state index in [1.54, 1.807) is 6.07 Å². The van der Waals surface area contributed by atoms with Crippen LogP contribution in [-0.2, 0) is 0 Å². The van der Waals surface area contributed by atoms with Crippen LogP contribution in [0.2, 0.25) is 5.02 Å². The number of halogens is 1. The molecule has 0 fully saturated rings. The molecule has 0 saturated carbocycles. The van der Waals surface area contributed by atoms with Crippen LogP contribution in [0.3, 0.4) is 0 Å². The molecule has 0 aliphatic carbocycles. The minimum Gasteiger partial charge on any atom is -0.289 e. The van der Waals surface area contributed by atoms with Crippen molar-refractivity contribution >= 4 is 31.0 Å². The first-order valence-electron chi connectivity index (χ1n) is 6.13. The zero-order valence-electron chi connectivity index (χ0n) is 11.3. The number of aryl methyl sites for hydroxylation is 3. The van der Waals surface area contributed by atoms with Crippen LogP contribution in [-0.4, -0.2) is 5.52 Å². The van der Waals surface area contributed by atoms with Crippen LogP contribution < -0.4 is 5.30 Å². The summed E-state index contributed by atoms with van der Waals surface area (Å²) in [5, 5.41) is 1.64. The predicted octanol–water partition coefficient (Wildman–Crippen LogP) is 4.41. The highest BCUT2D eigenvalue weighted by molar-refractivity contribution is 7.66. The molecular formula is C16H16ClOP. The monoisotopic (exact) mass is 290 g/mol. The van der Waals surface area contributed by atoms with Crippen LogP contribution in [0.4, 0.5) is 0 Å². The van der Waals surface area contributed by atoms with E-state index in [2.05, 4.69) is 13.0 Å². The largest absolute Gasteiger partial charge is 0.289 e. The van der Waals surface area contributed by atoms with E-state index >= 15 is 0 Å². The summed E-state index contributed by atoms with van der Waals surface area (Å²) in [5.41, 5.74) is 4.08. The molecule has 19 heavy (non-hydrogen) atoms. The fourth-order valence-corrected chi connectivity index (χ4v) is 3.58. The quantitative estimate of drug-likeness (QED) is 0.765. The van der Waals surface area contributed by atoms with Crippen molar-refractivity contribution in [2.24, 2.45) is 0 Å². The van der Waals surface area contributed by atoms with E-state index < -0.39 is 0 Å². The third kappa shape index (κ3) is 3.23. The summed E-state index contributed by atoms with van der Waals surface area (Å²) in [6, 6.07) is 11.7. The second-order valence-electron chi connectivity index (χ2n) is 4.70. The molecule has 0 N–H and O–H groups in total. The van der Waals surface area contributed by atoms with Gasteiger partial charge in [-0.1, -0.05) is 47.5 Å². The van der Waals surface area contributed by atoms with Crippen LogP contribution in [0.1, 0.15) is 27.0 Å². The predicted molar refractivity (Wildman–Crippen MR) is 84.4 cm³/mol. The Kier molecular flexibility index (Phi) is 4.39. The first kappa shape index (κ1) is 14.2. The Balaban J connectivity index is 2.31. The molecule has 1 nitrogen and oxygen atoms in total. The van der Waals surface area contributed by atoms with Gasteiger partial charge < -0.3 is 0 Å². The Morgan fingerprint density at radius 3 is 2.42 bits per heavy atom. The SMILES string of the molecule is Cc1ccc(PC(=O)c2c(C)cccc2Cl)c(C)c1. The van der Waals surface area contributed by atoms with E-state index in [4.69, 9.17) is 11.6 Å². The van der Waals surface area contributed by atoms with Crippen LogP contribution in [0, 0.1) is 20.8 Å². The van der Waals surface area contributed by atoms with Gasteiger partial charge in [-0.15, -0.1) is 0 Å². The summed E-state index contributed by atoms with van der Waals surface area (Å²) in [5.74, 6) is 0. The van der Waals surface area contributed by atoms with Crippen molar-refractivity contribution in [1.82, 2.24) is 0 Å². The number of carbonyl (C=O) groups is 1. The second-order valence-corrected chi connectivity index (χ2v) is 6.35. The summed E-state index contributed by atoms with van der Waals surface area (Å²) in [6.45, 7) is 6.02. The van der Waals surface area contributed by atoms with Crippen molar-refractivity contribution in [1.29, 1.82) is 0 Å². The topological polar surface area (TPSA) is 17.1 Å². The molecule has 0 radical (unpaired) electrons. The van der Waals surface area contributed by atoms with E-state index in [1.165, 1.54) is 5.56 Å². The third-order valence-corrected chi connectivity index (χ3v) is 4.70. The van der Waals surface area contributed by atoms with Crippen LogP contribution >= 0.6 is 20.2 Å². The molecule has 2 aromatic carbocycles. The van der Waals surface area contributed by atoms with Gasteiger partial charge in [-0.25, -0.2) is 0 Å². The van der Waals surface area contributed by atoms with Crippen molar-refractivity contribution in [3.05, 3.63) is 63.7 Å². The molecule has 1 unspecified atom stereocenters. The molecule has 2 rings (SSSR count). The molecule has 0 spiro atoms. The fourth-order valence-electron chi connectivity index (χ4n) is 2.06. The van der Waals surface area contributed by atoms with Gasteiger partial charge in [0.15, 0.2) is 5.52 Å². The minimum absolute atomic E-state index is 0.107. The normalized spacial score (nSPS) is 11.2. The molecule has 0 aliphatic heterocycles. The first-order chi connectivity index (χ1) is 8.99. The van der Waals surface area contributed by atoms with E-state index in [-0.39, 0.29) is 14.1 Å². The van der Waals surface area contributed by atoms with Gasteiger partial charge >= 0.3 is 0 Å². The maximum atomic E-state index is 12.4. The molecule has 0 aromatic heterocycles. The van der Waals surface area contributed by atoms with E-state index in [1.807, 2.05) is 38.1 Å². The van der Waals surface area contributed by atoms with Crippen LogP contribution in [0.5, 0.6) is 0 Å². The number of hydrogen-bond acceptors (Lipinski definition) is 1. The van der Waals surface area contributed by atoms with Crippen LogP contribution in [0.25, 0.3) is 0 Å². The average molecular weight is 291 g/mol. The lowest BCUT2D eigenvalue weighted by molar-refractivity contribution is 0.108. The van der Waals surface area contributed by atoms with Crippen molar-refractivity contribution in [2.75, 3.05) is 0 Å². The summed E-state index contributed by atoms with van der Waals surface area (Å²) >= 11 is 6.14. The molecule has 0 heterocycles. The van der Waals surface area contributed by atoms with Gasteiger partial charge in [-0.2, -0.15) is 0 Å². The van der Waals surface area contributed by atoms with Gasteiger partial charge in [-0.3, -0.25) is 4.79 Å². The Hall–Kier alpha value is -1.17. The molecule has 2 aromatic rings. The standard InChI is InChI=1S/C16H16ClOP/c1-10-7-8-14(12(3)9-10)19-16(18)15-11(2)5-4-6-13(15)17/h4-9,19H,1-3H3. The van der Waals surface area contributed by atoms with E-state index in [0.717, 1.165) is 16.4 Å². The summed E-state index contributed by atoms with van der Waals surface area (Å²) in [7, 11) is 0.120. The maximum absolute atomic E-state index is 12.4. The molecule has 0 saturated heterocycles. The smallest absolute Gasteiger partial charge is 0.187 e. The average Bonchev–Trinajstić information content (AvgIpc) is 2.32. The fraction of sp³-hybridized carbons (Fsp3) is 0.188. The Bertz CT molecular complexity index is 614. The Morgan fingerprint density at radius 1 is 1.05 bits per heavy atom. The highest BCUT2D eigenvalue weighted by Crippen LogP contribution is 2.28. The molecule has 3 heteroatoms. The minimum atomic E-state index is 0.107. The Morgan fingerprint density at radius 2 is 1.79 bits per heavy atom. The molecule has 0 aliphatic rings.